The average molecular weight is 247 g/mol. The van der Waals surface area contributed by atoms with Gasteiger partial charge in [-0.15, -0.1) is 6.42 Å². The molecule has 0 saturated heterocycles. The van der Waals surface area contributed by atoms with Gasteiger partial charge in [0.05, 0.1) is 0 Å². The monoisotopic (exact) mass is 246 g/mol. The van der Waals surface area contributed by atoms with Crippen molar-refractivity contribution in [3.63, 3.8) is 0 Å². The van der Waals surface area contributed by atoms with Crippen LogP contribution in [0.15, 0.2) is 18.2 Å². The Kier molecular flexibility index (Phi) is 10.2. The summed E-state index contributed by atoms with van der Waals surface area (Å²) in [6.45, 7) is 0. The van der Waals surface area contributed by atoms with Gasteiger partial charge in [-0.05, 0) is 0 Å². The van der Waals surface area contributed by atoms with Gasteiger partial charge in [0, 0.05) is 37.3 Å². The van der Waals surface area contributed by atoms with Gasteiger partial charge in [-0.3, -0.25) is 6.08 Å². The second kappa shape index (κ2) is 6.73. The van der Waals surface area contributed by atoms with Crippen LogP contribution in [0, 0.1) is 50.8 Å². The predicted molar refractivity (Wildman–Crippen MR) is 28.0 cm³/mol. The molecular weight excluding hydrogens is 239 g/mol. The number of hydrogen-bond donors (Lipinski definition) is 0. The molecule has 0 atom stereocenters. The van der Waals surface area contributed by atoms with Gasteiger partial charge in [0.1, 0.15) is 0 Å². The molecule has 1 heteroatoms. The van der Waals surface area contributed by atoms with E-state index in [1.54, 1.807) is 0 Å². The second-order valence-electron chi connectivity index (χ2n) is 1.00. The molecule has 0 heterocycles. The maximum Gasteiger partial charge on any atom is 0 e. The first kappa shape index (κ1) is 10.7. The quantitative estimate of drug-likeness (QED) is 0.572. The van der Waals surface area contributed by atoms with Crippen molar-refractivity contribution < 1.29 is 37.3 Å². The van der Waals surface area contributed by atoms with Gasteiger partial charge in [0.15, 0.2) is 0 Å². The third kappa shape index (κ3) is 4.58. The van der Waals surface area contributed by atoms with E-state index in [4.69, 9.17) is 0 Å². The van der Waals surface area contributed by atoms with E-state index in [2.05, 4.69) is 12.2 Å². The van der Waals surface area contributed by atoms with E-state index in [1.807, 2.05) is 12.2 Å². The van der Waals surface area contributed by atoms with Crippen LogP contribution in [0.2, 0.25) is 0 Å². The molecule has 0 aromatic carbocycles. The first-order valence-corrected chi connectivity index (χ1v) is 1.72. The largest absolute Gasteiger partial charge is 0.358 e. The Bertz CT molecular complexity index is 62.2. The molecule has 1 aliphatic rings. The Morgan fingerprint density at radius 1 is 1.43 bits per heavy atom. The second-order valence-corrected chi connectivity index (χ2v) is 1.00. The molecule has 0 radical (unpaired) electrons. The van der Waals surface area contributed by atoms with Crippen molar-refractivity contribution in [2.45, 2.75) is 6.42 Å². The van der Waals surface area contributed by atoms with Crippen LogP contribution in [0.5, 0.6) is 0 Å². The van der Waals surface area contributed by atoms with E-state index in [0.717, 1.165) is 6.42 Å². The Labute approximate surface area is 74.9 Å². The molecule has 0 saturated carbocycles. The molecule has 46 valence electrons. The van der Waals surface area contributed by atoms with Crippen molar-refractivity contribution in [1.29, 1.82) is 0 Å². The topological polar surface area (TPSA) is 0 Å². The van der Waals surface area contributed by atoms with Crippen molar-refractivity contribution in [2.75, 3.05) is 0 Å². The van der Waals surface area contributed by atoms with Crippen molar-refractivity contribution in [3.8, 4) is 0 Å². The van der Waals surface area contributed by atoms with Gasteiger partial charge < -0.3 is 7.43 Å². The van der Waals surface area contributed by atoms with Gasteiger partial charge in [0.25, 0.3) is 0 Å². The fraction of sp³-hybridized carbons (Fsp3) is 0.167. The zero-order chi connectivity index (χ0) is 3.54. The predicted octanol–water partition coefficient (Wildman–Crippen LogP) is 1.76. The van der Waals surface area contributed by atoms with Crippen molar-refractivity contribution >= 4 is 0 Å². The van der Waals surface area contributed by atoms with Crippen LogP contribution < -0.4 is 0 Å². The van der Waals surface area contributed by atoms with Crippen LogP contribution in [-0.4, -0.2) is 0 Å². The van der Waals surface area contributed by atoms with E-state index in [-0.39, 0.29) is 44.7 Å². The van der Waals surface area contributed by atoms with E-state index in [9.17, 15) is 0 Å². The normalized spacial score (nSPS) is 12.6. The van der Waals surface area contributed by atoms with E-state index in [1.165, 1.54) is 0 Å². The molecule has 0 amide bonds. The van der Waals surface area contributed by atoms with Crippen molar-refractivity contribution in [1.82, 2.24) is 0 Å². The fourth-order valence-corrected chi connectivity index (χ4v) is 0.340. The van der Waals surface area contributed by atoms with Crippen LogP contribution in [0.25, 0.3) is 0 Å². The van der Waals surface area contributed by atoms with Crippen LogP contribution in [0.3, 0.4) is 0 Å². The van der Waals surface area contributed by atoms with Crippen LogP contribution >= 0.6 is 0 Å². The maximum absolute atomic E-state index is 2.99. The van der Waals surface area contributed by atoms with Crippen LogP contribution in [-0.2, 0) is 0 Å². The summed E-state index contributed by atoms with van der Waals surface area (Å²) >= 11 is 0. The SMILES string of the molecule is [C-]1=CC=CC1.[CH3-].[Er]. The molecule has 7 heavy (non-hydrogen) atoms. The maximum atomic E-state index is 2.99. The zero-order valence-corrected chi connectivity index (χ0v) is 6.08. The van der Waals surface area contributed by atoms with Crippen molar-refractivity contribution in [3.05, 3.63) is 31.7 Å². The molecule has 0 spiro atoms. The van der Waals surface area contributed by atoms with Gasteiger partial charge in [-0.25, -0.2) is 12.2 Å². The van der Waals surface area contributed by atoms with Crippen LogP contribution in [0.4, 0.5) is 0 Å². The molecule has 0 fully saturated rings. The molecule has 0 nitrogen and oxygen atoms in total. The molecule has 0 aliphatic heterocycles. The molecule has 0 aromatic heterocycles. The number of allylic oxidation sites excluding steroid dienone is 4. The van der Waals surface area contributed by atoms with Gasteiger partial charge in [-0.2, -0.15) is 6.08 Å². The first-order chi connectivity index (χ1) is 2.50. The summed E-state index contributed by atoms with van der Waals surface area (Å²) < 4.78 is 0. The average Bonchev–Trinajstić information content (AvgIpc) is 1.76. The molecule has 0 bridgehead atoms. The van der Waals surface area contributed by atoms with Crippen LogP contribution in [0.1, 0.15) is 6.42 Å². The minimum Gasteiger partial charge on any atom is -0.358 e. The van der Waals surface area contributed by atoms with Gasteiger partial charge >= 0.3 is 0 Å². The van der Waals surface area contributed by atoms with Crippen molar-refractivity contribution in [2.24, 2.45) is 0 Å². The Balaban J connectivity index is 0. The summed E-state index contributed by atoms with van der Waals surface area (Å²) in [4.78, 5) is 0. The Morgan fingerprint density at radius 3 is 2.29 bits per heavy atom. The number of rotatable bonds is 0. The Hall–Kier alpha value is 0.727. The van der Waals surface area contributed by atoms with Gasteiger partial charge in [-0.1, -0.05) is 0 Å². The van der Waals surface area contributed by atoms with E-state index >= 15 is 0 Å². The summed E-state index contributed by atoms with van der Waals surface area (Å²) in [7, 11) is 0. The summed E-state index contributed by atoms with van der Waals surface area (Å²) in [5, 5.41) is 0. The smallest absolute Gasteiger partial charge is 0 e. The molecule has 0 aromatic rings. The third-order valence-corrected chi connectivity index (χ3v) is 0.586. The minimum atomic E-state index is 0. The number of hydrogen-bond acceptors (Lipinski definition) is 0. The van der Waals surface area contributed by atoms with Gasteiger partial charge in [0.2, 0.25) is 0 Å². The minimum absolute atomic E-state index is 0. The summed E-state index contributed by atoms with van der Waals surface area (Å²) in [5.41, 5.74) is 0. The van der Waals surface area contributed by atoms with E-state index < -0.39 is 0 Å². The third-order valence-electron chi connectivity index (χ3n) is 0.586. The molecule has 0 N–H and O–H groups in total. The molecule has 0 unspecified atom stereocenters. The van der Waals surface area contributed by atoms with E-state index in [0.29, 0.717) is 0 Å². The summed E-state index contributed by atoms with van der Waals surface area (Å²) in [6, 6.07) is 0. The Morgan fingerprint density at radius 2 is 2.14 bits per heavy atom. The summed E-state index contributed by atoms with van der Waals surface area (Å²) in [5.74, 6) is 0. The fourth-order valence-electron chi connectivity index (χ4n) is 0.340. The first-order valence-electron chi connectivity index (χ1n) is 1.72. The molecular formula is C6H8Er-2. The molecule has 1 aliphatic carbocycles. The molecule has 1 rings (SSSR count). The summed E-state index contributed by atoms with van der Waals surface area (Å²) in [6.07, 6.45) is 10.0. The standard InChI is InChI=1S/C5H5.CH3.Er/c1-2-4-5-3-1;;/h1-3H,4H2;1H3;/q2*-1;. The zero-order valence-electron chi connectivity index (χ0n) is 4.23.